The zero-order valence-electron chi connectivity index (χ0n) is 11.8. The number of hydrogen-bond donors (Lipinski definition) is 3. The molecule has 2 heterocycles. The topological polar surface area (TPSA) is 96.7 Å². The molecule has 4 N–H and O–H groups in total. The first kappa shape index (κ1) is 13.0. The van der Waals surface area contributed by atoms with Crippen LogP contribution in [0, 0.1) is 0 Å². The Morgan fingerprint density at radius 3 is 3.18 bits per heavy atom. The van der Waals surface area contributed by atoms with Crippen LogP contribution >= 0.6 is 0 Å². The number of nitrogens with one attached hydrogen (secondary N) is 2. The number of aromatic nitrogens is 3. The van der Waals surface area contributed by atoms with Gasteiger partial charge >= 0.3 is 0 Å². The molecule has 1 atom stereocenters. The van der Waals surface area contributed by atoms with Crippen molar-refractivity contribution in [3.05, 3.63) is 53.3 Å². The minimum absolute atomic E-state index is 0.0952. The highest BCUT2D eigenvalue weighted by Crippen LogP contribution is 2.30. The summed E-state index contributed by atoms with van der Waals surface area (Å²) < 4.78 is 0. The number of benzene rings is 1. The lowest BCUT2D eigenvalue weighted by atomic mass is 10.0. The van der Waals surface area contributed by atoms with E-state index in [-0.39, 0.29) is 11.9 Å². The molecule has 0 radical (unpaired) electrons. The third kappa shape index (κ3) is 2.05. The van der Waals surface area contributed by atoms with Crippen LogP contribution in [0.1, 0.15) is 33.9 Å². The number of anilines is 1. The van der Waals surface area contributed by atoms with E-state index in [1.165, 1.54) is 5.56 Å². The lowest BCUT2D eigenvalue weighted by Crippen LogP contribution is -2.13. The summed E-state index contributed by atoms with van der Waals surface area (Å²) in [5.74, 6) is -0.142. The third-order valence-corrected chi connectivity index (χ3v) is 4.13. The molecule has 1 amide bonds. The Bertz CT molecular complexity index is 870. The Kier molecular flexibility index (Phi) is 2.90. The van der Waals surface area contributed by atoms with Gasteiger partial charge in [-0.3, -0.25) is 9.89 Å². The van der Waals surface area contributed by atoms with E-state index in [1.807, 2.05) is 18.2 Å². The summed E-state index contributed by atoms with van der Waals surface area (Å²) in [5, 5.41) is 10.4. The van der Waals surface area contributed by atoms with Crippen LogP contribution in [-0.2, 0) is 6.42 Å². The van der Waals surface area contributed by atoms with Gasteiger partial charge in [-0.2, -0.15) is 5.10 Å². The number of nitrogens with zero attached hydrogens (tertiary/aromatic N) is 2. The molecule has 2 aromatic heterocycles. The molecule has 0 spiro atoms. The van der Waals surface area contributed by atoms with Crippen LogP contribution in [0.4, 0.5) is 5.69 Å². The molecule has 0 saturated heterocycles. The number of amides is 1. The molecule has 4 rings (SSSR count). The minimum atomic E-state index is -0.142. The number of fused-ring (bicyclic) bond motifs is 2. The molecule has 0 unspecified atom stereocenters. The van der Waals surface area contributed by atoms with E-state index in [0.717, 1.165) is 23.8 Å². The highest BCUT2D eigenvalue weighted by molar-refractivity contribution is 6.08. The van der Waals surface area contributed by atoms with E-state index in [1.54, 1.807) is 18.5 Å². The van der Waals surface area contributed by atoms with E-state index in [4.69, 9.17) is 5.73 Å². The van der Waals surface area contributed by atoms with Crippen molar-refractivity contribution < 1.29 is 4.79 Å². The van der Waals surface area contributed by atoms with E-state index >= 15 is 0 Å². The molecule has 110 valence electrons. The second-order valence-corrected chi connectivity index (χ2v) is 5.50. The van der Waals surface area contributed by atoms with Gasteiger partial charge in [0.1, 0.15) is 0 Å². The van der Waals surface area contributed by atoms with Gasteiger partial charge in [-0.15, -0.1) is 0 Å². The summed E-state index contributed by atoms with van der Waals surface area (Å²) in [6.45, 7) is 0. The van der Waals surface area contributed by atoms with Crippen molar-refractivity contribution in [2.24, 2.45) is 5.73 Å². The van der Waals surface area contributed by atoms with Crippen LogP contribution in [0.5, 0.6) is 0 Å². The monoisotopic (exact) mass is 293 g/mol. The average molecular weight is 293 g/mol. The maximum atomic E-state index is 12.5. The van der Waals surface area contributed by atoms with Gasteiger partial charge in [0.25, 0.3) is 5.91 Å². The normalized spacial score (nSPS) is 16.7. The lowest BCUT2D eigenvalue weighted by Gasteiger charge is -2.09. The van der Waals surface area contributed by atoms with Crippen LogP contribution in [0.25, 0.3) is 11.0 Å². The molecule has 0 saturated carbocycles. The molecule has 3 aromatic rings. The molecule has 1 aliphatic rings. The third-order valence-electron chi connectivity index (χ3n) is 4.13. The van der Waals surface area contributed by atoms with Crippen LogP contribution in [0.15, 0.2) is 36.7 Å². The number of carbonyl (C=O) groups excluding carboxylic acids is 1. The number of rotatable bonds is 2. The molecule has 6 nitrogen and oxygen atoms in total. The molecule has 0 aliphatic heterocycles. The second kappa shape index (κ2) is 4.92. The number of aryl methyl sites for hydroxylation is 1. The molecular weight excluding hydrogens is 278 g/mol. The highest BCUT2D eigenvalue weighted by Gasteiger charge is 2.20. The van der Waals surface area contributed by atoms with E-state index in [9.17, 15) is 4.79 Å². The first-order valence-electron chi connectivity index (χ1n) is 7.20. The number of pyridine rings is 1. The second-order valence-electron chi connectivity index (χ2n) is 5.50. The predicted molar refractivity (Wildman–Crippen MR) is 83.5 cm³/mol. The predicted octanol–water partition coefficient (Wildman–Crippen LogP) is 2.16. The quantitative estimate of drug-likeness (QED) is 0.674. The van der Waals surface area contributed by atoms with Crippen molar-refractivity contribution in [3.63, 3.8) is 0 Å². The molecule has 6 heteroatoms. The summed E-state index contributed by atoms with van der Waals surface area (Å²) in [4.78, 5) is 16.6. The highest BCUT2D eigenvalue weighted by atomic mass is 16.1. The van der Waals surface area contributed by atoms with Crippen LogP contribution in [-0.4, -0.2) is 21.1 Å². The smallest absolute Gasteiger partial charge is 0.255 e. The number of hydrogen-bond acceptors (Lipinski definition) is 4. The minimum Gasteiger partial charge on any atom is -0.324 e. The number of H-pyrrole nitrogens is 1. The fraction of sp³-hybridized carbons (Fsp3) is 0.188. The van der Waals surface area contributed by atoms with Crippen molar-refractivity contribution in [1.29, 1.82) is 0 Å². The fourth-order valence-corrected chi connectivity index (χ4v) is 2.95. The number of aromatic amines is 1. The largest absolute Gasteiger partial charge is 0.324 e. The maximum Gasteiger partial charge on any atom is 0.255 e. The Morgan fingerprint density at radius 2 is 2.27 bits per heavy atom. The average Bonchev–Trinajstić information content (AvgIpc) is 3.14. The van der Waals surface area contributed by atoms with E-state index in [0.29, 0.717) is 16.9 Å². The van der Waals surface area contributed by atoms with Gasteiger partial charge in [-0.25, -0.2) is 4.98 Å². The fourth-order valence-electron chi connectivity index (χ4n) is 2.95. The molecule has 0 bridgehead atoms. The van der Waals surface area contributed by atoms with Crippen molar-refractivity contribution >= 4 is 22.6 Å². The van der Waals surface area contributed by atoms with Crippen LogP contribution in [0.3, 0.4) is 0 Å². The van der Waals surface area contributed by atoms with E-state index in [2.05, 4.69) is 20.5 Å². The van der Waals surface area contributed by atoms with Gasteiger partial charge in [0, 0.05) is 17.8 Å². The van der Waals surface area contributed by atoms with E-state index < -0.39 is 0 Å². The number of nitrogens with two attached hydrogens (primary N) is 1. The summed E-state index contributed by atoms with van der Waals surface area (Å²) in [5.41, 5.74) is 10.3. The van der Waals surface area contributed by atoms with Gasteiger partial charge in [-0.05, 0) is 42.2 Å². The molecule has 22 heavy (non-hydrogen) atoms. The molecule has 1 aliphatic carbocycles. The van der Waals surface area contributed by atoms with Crippen molar-refractivity contribution in [2.75, 3.05) is 5.32 Å². The van der Waals surface area contributed by atoms with Crippen molar-refractivity contribution in [1.82, 2.24) is 15.2 Å². The van der Waals surface area contributed by atoms with Gasteiger partial charge in [-0.1, -0.05) is 6.07 Å². The Morgan fingerprint density at radius 1 is 1.36 bits per heavy atom. The maximum absolute atomic E-state index is 12.5. The first-order valence-corrected chi connectivity index (χ1v) is 7.20. The van der Waals surface area contributed by atoms with Gasteiger partial charge in [0.05, 0.1) is 17.3 Å². The number of carbonyl (C=O) groups is 1. The Balaban J connectivity index is 1.64. The molecule has 0 fully saturated rings. The summed E-state index contributed by atoms with van der Waals surface area (Å²) in [7, 11) is 0. The van der Waals surface area contributed by atoms with Gasteiger partial charge in [0.2, 0.25) is 0 Å². The zero-order chi connectivity index (χ0) is 15.1. The van der Waals surface area contributed by atoms with Crippen LogP contribution in [0.2, 0.25) is 0 Å². The van der Waals surface area contributed by atoms with Crippen molar-refractivity contribution in [3.8, 4) is 0 Å². The van der Waals surface area contributed by atoms with Crippen LogP contribution < -0.4 is 11.1 Å². The van der Waals surface area contributed by atoms with Crippen molar-refractivity contribution in [2.45, 2.75) is 18.9 Å². The lowest BCUT2D eigenvalue weighted by molar-refractivity contribution is 0.102. The standard InChI is InChI=1S/C16H15N5O/c17-13-4-2-9-7-10(1-3-11(9)13)16(22)20-14-5-6-18-15-12(14)8-19-21-15/h1,3,5-8,13H,2,4,17H2,(H2,18,19,20,21,22)/t13-/m1/s1. The summed E-state index contributed by atoms with van der Waals surface area (Å²) >= 11 is 0. The zero-order valence-corrected chi connectivity index (χ0v) is 11.8. The Labute approximate surface area is 126 Å². The Hall–Kier alpha value is -2.73. The molecule has 1 aromatic carbocycles. The SMILES string of the molecule is N[C@@H]1CCc2cc(C(=O)Nc3ccnc4[nH]ncc34)ccc21. The molecular formula is C16H15N5O. The van der Waals surface area contributed by atoms with Gasteiger partial charge in [0.15, 0.2) is 5.65 Å². The first-order chi connectivity index (χ1) is 10.7. The summed E-state index contributed by atoms with van der Waals surface area (Å²) in [6.07, 6.45) is 5.16. The van der Waals surface area contributed by atoms with Gasteiger partial charge < -0.3 is 11.1 Å². The summed E-state index contributed by atoms with van der Waals surface area (Å²) in [6, 6.07) is 7.58.